The number of benzene rings is 1. The lowest BCUT2D eigenvalue weighted by molar-refractivity contribution is -0.131. The van der Waals surface area contributed by atoms with Crippen molar-refractivity contribution in [3.8, 4) is 5.75 Å². The van der Waals surface area contributed by atoms with E-state index < -0.39 is 5.97 Å². The Morgan fingerprint density at radius 1 is 1.44 bits per heavy atom. The van der Waals surface area contributed by atoms with Gasteiger partial charge in [0.25, 0.3) is 0 Å². The van der Waals surface area contributed by atoms with Crippen LogP contribution in [0.4, 0.5) is 0 Å². The zero-order chi connectivity index (χ0) is 12.0. The summed E-state index contributed by atoms with van der Waals surface area (Å²) in [6.45, 7) is 0. The van der Waals surface area contributed by atoms with Crippen LogP contribution in [-0.2, 0) is 4.79 Å². The van der Waals surface area contributed by atoms with Gasteiger partial charge in [-0.25, -0.2) is 4.79 Å². The number of carboxylic acids is 1. The fourth-order valence-corrected chi connectivity index (χ4v) is 1.30. The Kier molecular flexibility index (Phi) is 4.61. The summed E-state index contributed by atoms with van der Waals surface area (Å²) < 4.78 is 5.01. The van der Waals surface area contributed by atoms with Gasteiger partial charge < -0.3 is 9.84 Å². The monoisotopic (exact) mass is 238 g/mol. The number of carbonyl (C=O) groups is 1. The van der Waals surface area contributed by atoms with Crippen molar-refractivity contribution >= 4 is 23.6 Å². The first-order valence-corrected chi connectivity index (χ1v) is 4.92. The van der Waals surface area contributed by atoms with Gasteiger partial charge in [0.15, 0.2) is 0 Å². The molecule has 0 saturated heterocycles. The number of rotatable bonds is 4. The van der Waals surface area contributed by atoms with Gasteiger partial charge in [-0.3, -0.25) is 0 Å². The van der Waals surface area contributed by atoms with E-state index in [2.05, 4.69) is 0 Å². The summed E-state index contributed by atoms with van der Waals surface area (Å²) in [6, 6.07) is 5.28. The number of allylic oxidation sites excluding steroid dienone is 2. The van der Waals surface area contributed by atoms with Gasteiger partial charge in [-0.2, -0.15) is 0 Å². The van der Waals surface area contributed by atoms with Gasteiger partial charge >= 0.3 is 5.97 Å². The topological polar surface area (TPSA) is 46.5 Å². The van der Waals surface area contributed by atoms with Crippen molar-refractivity contribution in [2.24, 2.45) is 0 Å². The van der Waals surface area contributed by atoms with Crippen LogP contribution in [0.3, 0.4) is 0 Å². The molecule has 1 rings (SSSR count). The number of hydrogen-bond acceptors (Lipinski definition) is 2. The molecule has 0 atom stereocenters. The van der Waals surface area contributed by atoms with Gasteiger partial charge in [0.1, 0.15) is 5.75 Å². The van der Waals surface area contributed by atoms with Gasteiger partial charge in [-0.05, 0) is 23.8 Å². The van der Waals surface area contributed by atoms with Crippen LogP contribution in [0.15, 0.2) is 36.4 Å². The van der Waals surface area contributed by atoms with Crippen LogP contribution in [0.25, 0.3) is 6.08 Å². The second-order valence-corrected chi connectivity index (χ2v) is 3.35. The minimum atomic E-state index is -0.981. The number of halogens is 1. The van der Waals surface area contributed by atoms with Crippen LogP contribution < -0.4 is 4.74 Å². The first kappa shape index (κ1) is 12.3. The Balaban J connectivity index is 2.78. The number of hydrogen-bond donors (Lipinski definition) is 1. The summed E-state index contributed by atoms with van der Waals surface area (Å²) in [5.74, 6) is -0.297. The predicted octanol–water partition coefficient (Wildman–Crippen LogP) is 3.00. The van der Waals surface area contributed by atoms with Crippen molar-refractivity contribution in [1.82, 2.24) is 0 Å². The molecule has 0 aliphatic rings. The van der Waals surface area contributed by atoms with E-state index >= 15 is 0 Å². The summed E-state index contributed by atoms with van der Waals surface area (Å²) in [6.07, 6.45) is 5.82. The highest BCUT2D eigenvalue weighted by Crippen LogP contribution is 2.23. The Morgan fingerprint density at radius 2 is 2.19 bits per heavy atom. The smallest absolute Gasteiger partial charge is 0.328 e. The van der Waals surface area contributed by atoms with Gasteiger partial charge in [0, 0.05) is 6.08 Å². The van der Waals surface area contributed by atoms with Crippen LogP contribution in [0, 0.1) is 0 Å². The van der Waals surface area contributed by atoms with E-state index in [1.165, 1.54) is 6.08 Å². The highest BCUT2D eigenvalue weighted by molar-refractivity contribution is 6.32. The Morgan fingerprint density at radius 3 is 2.75 bits per heavy atom. The van der Waals surface area contributed by atoms with Crippen LogP contribution >= 0.6 is 11.6 Å². The molecule has 4 heteroatoms. The number of ether oxygens (including phenoxy) is 1. The molecular weight excluding hydrogens is 228 g/mol. The lowest BCUT2D eigenvalue weighted by Crippen LogP contribution is -1.84. The molecule has 3 nitrogen and oxygen atoms in total. The summed E-state index contributed by atoms with van der Waals surface area (Å²) in [5.41, 5.74) is 0.803. The molecule has 0 heterocycles. The number of carboxylic acid groups (broad SMARTS) is 1. The van der Waals surface area contributed by atoms with Crippen molar-refractivity contribution in [2.75, 3.05) is 7.11 Å². The largest absolute Gasteiger partial charge is 0.497 e. The van der Waals surface area contributed by atoms with Crippen molar-refractivity contribution < 1.29 is 14.6 Å². The molecule has 0 aliphatic carbocycles. The maximum Gasteiger partial charge on any atom is 0.328 e. The molecule has 1 aromatic rings. The molecule has 0 amide bonds. The molecule has 0 aliphatic heterocycles. The van der Waals surface area contributed by atoms with E-state index in [1.807, 2.05) is 0 Å². The minimum absolute atomic E-state index is 0.555. The Hall–Kier alpha value is -1.74. The molecule has 0 saturated carbocycles. The maximum absolute atomic E-state index is 10.2. The average Bonchev–Trinajstić information content (AvgIpc) is 2.25. The molecule has 84 valence electrons. The highest BCUT2D eigenvalue weighted by atomic mass is 35.5. The molecule has 0 fully saturated rings. The van der Waals surface area contributed by atoms with E-state index in [0.717, 1.165) is 11.6 Å². The Bertz CT molecular complexity index is 436. The first-order chi connectivity index (χ1) is 7.63. The lowest BCUT2D eigenvalue weighted by atomic mass is 10.2. The zero-order valence-corrected chi connectivity index (χ0v) is 9.44. The summed E-state index contributed by atoms with van der Waals surface area (Å²) in [5, 5.41) is 8.93. The molecule has 16 heavy (non-hydrogen) atoms. The average molecular weight is 239 g/mol. The predicted molar refractivity (Wildman–Crippen MR) is 63.8 cm³/mol. The second kappa shape index (κ2) is 5.98. The molecule has 0 bridgehead atoms. The lowest BCUT2D eigenvalue weighted by Gasteiger charge is -2.02. The van der Waals surface area contributed by atoms with Crippen molar-refractivity contribution in [3.63, 3.8) is 0 Å². The maximum atomic E-state index is 10.2. The van der Waals surface area contributed by atoms with Gasteiger partial charge in [0.2, 0.25) is 0 Å². The van der Waals surface area contributed by atoms with E-state index in [0.29, 0.717) is 10.8 Å². The third kappa shape index (κ3) is 3.79. The molecule has 0 radical (unpaired) electrons. The summed E-state index contributed by atoms with van der Waals surface area (Å²) in [7, 11) is 1.57. The van der Waals surface area contributed by atoms with E-state index in [4.69, 9.17) is 21.4 Å². The summed E-state index contributed by atoms with van der Waals surface area (Å²) in [4.78, 5) is 10.2. The third-order valence-corrected chi connectivity index (χ3v) is 2.16. The molecule has 1 N–H and O–H groups in total. The van der Waals surface area contributed by atoms with Gasteiger partial charge in [-0.15, -0.1) is 0 Å². The fraction of sp³-hybridized carbons (Fsp3) is 0.0833. The van der Waals surface area contributed by atoms with Crippen LogP contribution in [-0.4, -0.2) is 18.2 Å². The third-order valence-electron chi connectivity index (χ3n) is 1.83. The van der Waals surface area contributed by atoms with Gasteiger partial charge in [0.05, 0.1) is 12.1 Å². The highest BCUT2D eigenvalue weighted by Gasteiger charge is 1.98. The Labute approximate surface area is 98.6 Å². The molecule has 0 unspecified atom stereocenters. The molecule has 0 aromatic heterocycles. The van der Waals surface area contributed by atoms with Crippen LogP contribution in [0.2, 0.25) is 5.02 Å². The van der Waals surface area contributed by atoms with E-state index in [1.54, 1.807) is 37.5 Å². The fourth-order valence-electron chi connectivity index (χ4n) is 1.07. The molecule has 0 spiro atoms. The number of aliphatic carboxylic acids is 1. The quantitative estimate of drug-likeness (QED) is 0.648. The minimum Gasteiger partial charge on any atom is -0.497 e. The second-order valence-electron chi connectivity index (χ2n) is 2.94. The SMILES string of the molecule is COc1ccc(C=CC=CC(=O)O)c(Cl)c1. The number of methoxy groups -OCH3 is 1. The zero-order valence-electron chi connectivity index (χ0n) is 8.68. The van der Waals surface area contributed by atoms with Crippen LogP contribution in [0.5, 0.6) is 5.75 Å². The molecule has 1 aromatic carbocycles. The van der Waals surface area contributed by atoms with E-state index in [9.17, 15) is 4.79 Å². The van der Waals surface area contributed by atoms with Gasteiger partial charge in [-0.1, -0.05) is 29.8 Å². The standard InChI is InChI=1S/C12H11ClO3/c1-16-10-7-6-9(11(13)8-10)4-2-3-5-12(14)15/h2-8H,1H3,(H,14,15). The summed E-state index contributed by atoms with van der Waals surface area (Å²) >= 11 is 5.98. The van der Waals surface area contributed by atoms with Crippen molar-refractivity contribution in [3.05, 3.63) is 47.0 Å². The van der Waals surface area contributed by atoms with Crippen LogP contribution in [0.1, 0.15) is 5.56 Å². The molecular formula is C12H11ClO3. The van der Waals surface area contributed by atoms with Crippen molar-refractivity contribution in [1.29, 1.82) is 0 Å². The first-order valence-electron chi connectivity index (χ1n) is 4.54. The normalized spacial score (nSPS) is 11.1. The van der Waals surface area contributed by atoms with E-state index in [-0.39, 0.29) is 0 Å². The van der Waals surface area contributed by atoms with Crippen molar-refractivity contribution in [2.45, 2.75) is 0 Å².